The van der Waals surface area contributed by atoms with E-state index >= 15 is 0 Å². The molecule has 0 fully saturated rings. The Kier molecular flexibility index (Phi) is 8.38. The maximum atomic E-state index is 11.6. The largest absolute Gasteiger partial charge is 0.352 e. The molecule has 1 amide bonds. The van der Waals surface area contributed by atoms with Gasteiger partial charge in [0.25, 0.3) is 0 Å². The van der Waals surface area contributed by atoms with Gasteiger partial charge in [0.2, 0.25) is 5.91 Å². The van der Waals surface area contributed by atoms with Crippen LogP contribution in [0.4, 0.5) is 0 Å². The van der Waals surface area contributed by atoms with Crippen LogP contribution in [0.3, 0.4) is 0 Å². The quantitative estimate of drug-likeness (QED) is 0.651. The summed E-state index contributed by atoms with van der Waals surface area (Å²) in [6.45, 7) is 6.25. The monoisotopic (exact) mass is 214 g/mol. The number of hydrogen-bond acceptors (Lipinski definition) is 2. The topological polar surface area (TPSA) is 55.1 Å². The van der Waals surface area contributed by atoms with E-state index < -0.39 is 0 Å². The SMILES string of the molecule is CCCCC(CCC)NC(=O)[C@@H](N)CC. The second kappa shape index (κ2) is 8.72. The summed E-state index contributed by atoms with van der Waals surface area (Å²) in [4.78, 5) is 11.6. The summed E-state index contributed by atoms with van der Waals surface area (Å²) in [5, 5.41) is 3.04. The molecule has 15 heavy (non-hydrogen) atoms. The zero-order chi connectivity index (χ0) is 11.7. The summed E-state index contributed by atoms with van der Waals surface area (Å²) in [7, 11) is 0. The minimum Gasteiger partial charge on any atom is -0.352 e. The van der Waals surface area contributed by atoms with Crippen molar-refractivity contribution in [2.24, 2.45) is 5.73 Å². The van der Waals surface area contributed by atoms with Gasteiger partial charge < -0.3 is 11.1 Å². The summed E-state index contributed by atoms with van der Waals surface area (Å²) in [6, 6.07) is -0.0222. The first-order valence-electron chi connectivity index (χ1n) is 6.21. The third kappa shape index (κ3) is 6.50. The Hall–Kier alpha value is -0.570. The molecule has 3 heteroatoms. The zero-order valence-electron chi connectivity index (χ0n) is 10.4. The minimum absolute atomic E-state index is 0.00653. The first-order valence-corrected chi connectivity index (χ1v) is 6.21. The van der Waals surface area contributed by atoms with Crippen LogP contribution in [0.1, 0.15) is 59.3 Å². The molecule has 0 heterocycles. The van der Waals surface area contributed by atoms with E-state index in [0.717, 1.165) is 19.3 Å². The smallest absolute Gasteiger partial charge is 0.237 e. The van der Waals surface area contributed by atoms with Gasteiger partial charge in [-0.3, -0.25) is 4.79 Å². The molecule has 0 saturated carbocycles. The molecular formula is C12H26N2O. The molecule has 3 N–H and O–H groups in total. The van der Waals surface area contributed by atoms with E-state index in [2.05, 4.69) is 19.2 Å². The highest BCUT2D eigenvalue weighted by Gasteiger charge is 2.15. The fourth-order valence-corrected chi connectivity index (χ4v) is 1.58. The van der Waals surface area contributed by atoms with Crippen molar-refractivity contribution in [1.29, 1.82) is 0 Å². The molecule has 90 valence electrons. The number of unbranched alkanes of at least 4 members (excludes halogenated alkanes) is 1. The van der Waals surface area contributed by atoms with Gasteiger partial charge in [-0.15, -0.1) is 0 Å². The Morgan fingerprint density at radius 2 is 1.87 bits per heavy atom. The van der Waals surface area contributed by atoms with Crippen LogP contribution in [0.25, 0.3) is 0 Å². The fourth-order valence-electron chi connectivity index (χ4n) is 1.58. The van der Waals surface area contributed by atoms with Crippen LogP contribution >= 0.6 is 0 Å². The lowest BCUT2D eigenvalue weighted by Crippen LogP contribution is -2.45. The van der Waals surface area contributed by atoms with Crippen molar-refractivity contribution >= 4 is 5.91 Å². The molecule has 0 saturated heterocycles. The predicted molar refractivity (Wildman–Crippen MR) is 64.6 cm³/mol. The van der Waals surface area contributed by atoms with Crippen molar-refractivity contribution in [1.82, 2.24) is 5.32 Å². The summed E-state index contributed by atoms with van der Waals surface area (Å²) in [5.41, 5.74) is 5.68. The summed E-state index contributed by atoms with van der Waals surface area (Å²) >= 11 is 0. The molecule has 0 aliphatic rings. The average molecular weight is 214 g/mol. The van der Waals surface area contributed by atoms with Crippen molar-refractivity contribution in [2.75, 3.05) is 0 Å². The lowest BCUT2D eigenvalue weighted by Gasteiger charge is -2.19. The molecule has 0 spiro atoms. The molecule has 0 rings (SSSR count). The van der Waals surface area contributed by atoms with Gasteiger partial charge in [-0.05, 0) is 19.3 Å². The second-order valence-electron chi connectivity index (χ2n) is 4.15. The number of amides is 1. The van der Waals surface area contributed by atoms with E-state index in [-0.39, 0.29) is 11.9 Å². The van der Waals surface area contributed by atoms with Crippen LogP contribution in [0.15, 0.2) is 0 Å². The van der Waals surface area contributed by atoms with Gasteiger partial charge >= 0.3 is 0 Å². The molecular weight excluding hydrogens is 188 g/mol. The molecule has 0 aromatic carbocycles. The number of carbonyl (C=O) groups excluding carboxylic acids is 1. The van der Waals surface area contributed by atoms with Gasteiger partial charge in [-0.25, -0.2) is 0 Å². The maximum Gasteiger partial charge on any atom is 0.237 e. The van der Waals surface area contributed by atoms with E-state index in [1.165, 1.54) is 12.8 Å². The molecule has 1 unspecified atom stereocenters. The number of carbonyl (C=O) groups is 1. The van der Waals surface area contributed by atoms with Gasteiger partial charge in [0.1, 0.15) is 0 Å². The zero-order valence-corrected chi connectivity index (χ0v) is 10.4. The molecule has 0 aliphatic carbocycles. The van der Waals surface area contributed by atoms with Crippen LogP contribution < -0.4 is 11.1 Å². The van der Waals surface area contributed by atoms with Crippen LogP contribution in [0.2, 0.25) is 0 Å². The van der Waals surface area contributed by atoms with Gasteiger partial charge in [0.15, 0.2) is 0 Å². The third-order valence-corrected chi connectivity index (χ3v) is 2.67. The average Bonchev–Trinajstić information content (AvgIpc) is 2.24. The molecule has 0 radical (unpaired) electrons. The summed E-state index contributed by atoms with van der Waals surface area (Å²) < 4.78 is 0. The Balaban J connectivity index is 3.97. The van der Waals surface area contributed by atoms with E-state index in [9.17, 15) is 4.79 Å². The molecule has 3 nitrogen and oxygen atoms in total. The number of nitrogens with one attached hydrogen (secondary N) is 1. The van der Waals surface area contributed by atoms with Crippen molar-refractivity contribution in [3.8, 4) is 0 Å². The fraction of sp³-hybridized carbons (Fsp3) is 0.917. The molecule has 2 atom stereocenters. The first-order chi connectivity index (χ1) is 7.15. The standard InChI is InChI=1S/C12H26N2O/c1-4-7-9-10(8-5-2)14-12(15)11(13)6-3/h10-11H,4-9,13H2,1-3H3,(H,14,15)/t10?,11-/m0/s1. The highest BCUT2D eigenvalue weighted by molar-refractivity contribution is 5.81. The van der Waals surface area contributed by atoms with Crippen LogP contribution in [-0.2, 0) is 4.79 Å². The van der Waals surface area contributed by atoms with Crippen molar-refractivity contribution < 1.29 is 4.79 Å². The van der Waals surface area contributed by atoms with Crippen molar-refractivity contribution in [2.45, 2.75) is 71.4 Å². The van der Waals surface area contributed by atoms with Gasteiger partial charge in [-0.2, -0.15) is 0 Å². The van der Waals surface area contributed by atoms with Crippen LogP contribution in [0.5, 0.6) is 0 Å². The van der Waals surface area contributed by atoms with Crippen molar-refractivity contribution in [3.63, 3.8) is 0 Å². The number of rotatable bonds is 8. The number of hydrogen-bond donors (Lipinski definition) is 2. The Morgan fingerprint density at radius 1 is 1.20 bits per heavy atom. The van der Waals surface area contributed by atoms with Crippen LogP contribution in [-0.4, -0.2) is 18.0 Å². The maximum absolute atomic E-state index is 11.6. The van der Waals surface area contributed by atoms with E-state index in [0.29, 0.717) is 12.5 Å². The Labute approximate surface area is 93.8 Å². The Bertz CT molecular complexity index is 171. The van der Waals surface area contributed by atoms with E-state index in [4.69, 9.17) is 5.73 Å². The normalized spacial score (nSPS) is 14.7. The first kappa shape index (κ1) is 14.4. The van der Waals surface area contributed by atoms with Crippen molar-refractivity contribution in [3.05, 3.63) is 0 Å². The predicted octanol–water partition coefficient (Wildman–Crippen LogP) is 2.20. The number of nitrogens with two attached hydrogens (primary N) is 1. The molecule has 0 aromatic rings. The second-order valence-corrected chi connectivity index (χ2v) is 4.15. The highest BCUT2D eigenvalue weighted by Crippen LogP contribution is 2.07. The highest BCUT2D eigenvalue weighted by atomic mass is 16.2. The lowest BCUT2D eigenvalue weighted by atomic mass is 10.0. The summed E-state index contributed by atoms with van der Waals surface area (Å²) in [5.74, 6) is 0.00653. The van der Waals surface area contributed by atoms with E-state index in [1.54, 1.807) is 0 Å². The minimum atomic E-state index is -0.342. The van der Waals surface area contributed by atoms with Gasteiger partial charge in [-0.1, -0.05) is 40.0 Å². The van der Waals surface area contributed by atoms with Gasteiger partial charge in [0, 0.05) is 6.04 Å². The molecule has 0 bridgehead atoms. The summed E-state index contributed by atoms with van der Waals surface area (Å²) in [6.07, 6.45) is 6.30. The van der Waals surface area contributed by atoms with Gasteiger partial charge in [0.05, 0.1) is 6.04 Å². The molecule has 0 aromatic heterocycles. The van der Waals surface area contributed by atoms with E-state index in [1.807, 2.05) is 6.92 Å². The molecule has 0 aliphatic heterocycles. The lowest BCUT2D eigenvalue weighted by molar-refractivity contribution is -0.123. The van der Waals surface area contributed by atoms with Crippen LogP contribution in [0, 0.1) is 0 Å². The third-order valence-electron chi connectivity index (χ3n) is 2.67. The Morgan fingerprint density at radius 3 is 2.33 bits per heavy atom.